The second kappa shape index (κ2) is 5.50. The quantitative estimate of drug-likeness (QED) is 0.719. The molecule has 2 heteroatoms. The molecule has 0 heterocycles. The molecule has 18 heavy (non-hydrogen) atoms. The monoisotopic (exact) mass is 252 g/mol. The van der Waals surface area contributed by atoms with Crippen molar-refractivity contribution in [2.24, 2.45) is 29.4 Å². The lowest BCUT2D eigenvalue weighted by atomic mass is 9.84. The first-order valence-corrected chi connectivity index (χ1v) is 7.95. The van der Waals surface area contributed by atoms with Crippen molar-refractivity contribution in [3.05, 3.63) is 0 Å². The minimum absolute atomic E-state index is 0.356. The number of hydrogen-bond donors (Lipinski definition) is 1. The van der Waals surface area contributed by atoms with Crippen molar-refractivity contribution in [3.63, 3.8) is 0 Å². The van der Waals surface area contributed by atoms with E-state index in [4.69, 9.17) is 5.73 Å². The van der Waals surface area contributed by atoms with Gasteiger partial charge in [0.15, 0.2) is 0 Å². The van der Waals surface area contributed by atoms with Crippen LogP contribution in [-0.2, 0) is 0 Å². The summed E-state index contributed by atoms with van der Waals surface area (Å²) >= 11 is 0. The van der Waals surface area contributed by atoms with Crippen molar-refractivity contribution in [1.29, 1.82) is 0 Å². The fraction of sp³-hybridized carbons (Fsp3) is 1.00. The second-order valence-corrected chi connectivity index (χ2v) is 7.44. The van der Waals surface area contributed by atoms with Gasteiger partial charge in [-0.3, -0.25) is 4.90 Å². The Bertz CT molecular complexity index is 242. The molecule has 0 saturated heterocycles. The highest BCUT2D eigenvalue weighted by atomic mass is 15.2. The minimum Gasteiger partial charge on any atom is -0.329 e. The van der Waals surface area contributed by atoms with Gasteiger partial charge in [0.1, 0.15) is 0 Å². The van der Waals surface area contributed by atoms with Crippen LogP contribution in [0.3, 0.4) is 0 Å². The van der Waals surface area contributed by atoms with Gasteiger partial charge in [-0.2, -0.15) is 0 Å². The lowest BCUT2D eigenvalue weighted by Crippen LogP contribution is -2.59. The van der Waals surface area contributed by atoms with E-state index in [1.54, 1.807) is 0 Å². The Morgan fingerprint density at radius 3 is 1.56 bits per heavy atom. The van der Waals surface area contributed by atoms with Gasteiger partial charge in [-0.05, 0) is 49.4 Å². The molecule has 2 fully saturated rings. The highest BCUT2D eigenvalue weighted by molar-refractivity contribution is 5.11. The Morgan fingerprint density at radius 2 is 1.33 bits per heavy atom. The maximum atomic E-state index is 6.30. The summed E-state index contributed by atoms with van der Waals surface area (Å²) in [6.07, 6.45) is 5.67. The molecule has 106 valence electrons. The molecule has 0 spiro atoms. The predicted octanol–water partition coefficient (Wildman–Crippen LogP) is 3.12. The summed E-state index contributed by atoms with van der Waals surface area (Å²) in [5.41, 5.74) is 6.66. The molecule has 0 aliphatic heterocycles. The van der Waals surface area contributed by atoms with E-state index in [0.717, 1.165) is 30.2 Å². The highest BCUT2D eigenvalue weighted by Crippen LogP contribution is 2.54. The van der Waals surface area contributed by atoms with Crippen LogP contribution in [0.5, 0.6) is 0 Å². The van der Waals surface area contributed by atoms with Crippen LogP contribution < -0.4 is 5.73 Å². The summed E-state index contributed by atoms with van der Waals surface area (Å²) in [4.78, 5) is 2.79. The summed E-state index contributed by atoms with van der Waals surface area (Å²) in [6.45, 7) is 12.7. The molecular formula is C16H32N2. The first-order chi connectivity index (χ1) is 8.50. The molecule has 2 aliphatic rings. The largest absolute Gasteiger partial charge is 0.329 e. The van der Waals surface area contributed by atoms with E-state index in [2.05, 4.69) is 32.6 Å². The van der Waals surface area contributed by atoms with Gasteiger partial charge in [0.2, 0.25) is 0 Å². The van der Waals surface area contributed by atoms with Crippen molar-refractivity contribution in [3.8, 4) is 0 Å². The zero-order valence-electron chi connectivity index (χ0n) is 12.8. The molecule has 0 bridgehead atoms. The van der Waals surface area contributed by atoms with Crippen molar-refractivity contribution in [2.45, 2.75) is 58.9 Å². The lowest BCUT2D eigenvalue weighted by molar-refractivity contribution is 0.0306. The van der Waals surface area contributed by atoms with Gasteiger partial charge in [0.05, 0.1) is 0 Å². The predicted molar refractivity (Wildman–Crippen MR) is 78.5 cm³/mol. The van der Waals surface area contributed by atoms with E-state index >= 15 is 0 Å². The summed E-state index contributed by atoms with van der Waals surface area (Å²) in [7, 11) is 0. The first kappa shape index (κ1) is 14.3. The maximum Gasteiger partial charge on any atom is 0.0388 e. The molecule has 2 saturated carbocycles. The van der Waals surface area contributed by atoms with E-state index in [-0.39, 0.29) is 0 Å². The summed E-state index contributed by atoms with van der Waals surface area (Å²) in [5, 5.41) is 0. The topological polar surface area (TPSA) is 29.3 Å². The third-order valence-corrected chi connectivity index (χ3v) is 4.66. The van der Waals surface area contributed by atoms with Crippen LogP contribution in [0.4, 0.5) is 0 Å². The van der Waals surface area contributed by atoms with E-state index in [1.807, 2.05) is 0 Å². The molecule has 2 rings (SSSR count). The molecule has 0 atom stereocenters. The van der Waals surface area contributed by atoms with Crippen molar-refractivity contribution < 1.29 is 0 Å². The number of rotatable bonds is 8. The van der Waals surface area contributed by atoms with Crippen molar-refractivity contribution in [1.82, 2.24) is 4.90 Å². The smallest absolute Gasteiger partial charge is 0.0388 e. The Kier molecular flexibility index (Phi) is 4.38. The molecule has 0 aromatic rings. The van der Waals surface area contributed by atoms with Gasteiger partial charge in [0, 0.05) is 25.2 Å². The highest BCUT2D eigenvalue weighted by Gasteiger charge is 2.56. The Balaban J connectivity index is 2.17. The fourth-order valence-electron chi connectivity index (χ4n) is 3.77. The summed E-state index contributed by atoms with van der Waals surface area (Å²) < 4.78 is 0. The lowest BCUT2D eigenvalue weighted by Gasteiger charge is -2.46. The Hall–Kier alpha value is -0.0800. The number of nitrogens with two attached hydrogens (primary N) is 1. The van der Waals surface area contributed by atoms with Crippen LogP contribution in [0.25, 0.3) is 0 Å². The molecule has 0 amide bonds. The molecule has 2 N–H and O–H groups in total. The maximum absolute atomic E-state index is 6.30. The standard InChI is InChI=1S/C16H32N2/c1-12(2)9-18(10-13(3)4)16(11-17,14-5-6-14)15-7-8-15/h12-15H,5-11,17H2,1-4H3. The SMILES string of the molecule is CC(C)CN(CC(C)C)C(CN)(C1CC1)C1CC1. The van der Waals surface area contributed by atoms with E-state index < -0.39 is 0 Å². The molecule has 0 unspecified atom stereocenters. The summed E-state index contributed by atoms with van der Waals surface area (Å²) in [6, 6.07) is 0. The average molecular weight is 252 g/mol. The van der Waals surface area contributed by atoms with Gasteiger partial charge in [-0.25, -0.2) is 0 Å². The molecular weight excluding hydrogens is 220 g/mol. The third-order valence-electron chi connectivity index (χ3n) is 4.66. The van der Waals surface area contributed by atoms with Gasteiger partial charge in [-0.1, -0.05) is 27.7 Å². The van der Waals surface area contributed by atoms with E-state index in [0.29, 0.717) is 5.54 Å². The molecule has 0 aromatic carbocycles. The number of nitrogens with zero attached hydrogens (tertiary/aromatic N) is 1. The second-order valence-electron chi connectivity index (χ2n) is 7.44. The average Bonchev–Trinajstić information content (AvgIpc) is 3.12. The minimum atomic E-state index is 0.356. The van der Waals surface area contributed by atoms with Crippen LogP contribution in [0, 0.1) is 23.7 Å². The van der Waals surface area contributed by atoms with Gasteiger partial charge in [0.25, 0.3) is 0 Å². The zero-order chi connectivity index (χ0) is 13.3. The first-order valence-electron chi connectivity index (χ1n) is 7.95. The third kappa shape index (κ3) is 2.91. The number of hydrogen-bond acceptors (Lipinski definition) is 2. The molecule has 2 nitrogen and oxygen atoms in total. The van der Waals surface area contributed by atoms with Gasteiger partial charge >= 0.3 is 0 Å². The van der Waals surface area contributed by atoms with Crippen molar-refractivity contribution >= 4 is 0 Å². The van der Waals surface area contributed by atoms with Crippen LogP contribution in [0.15, 0.2) is 0 Å². The normalized spacial score (nSPS) is 21.3. The van der Waals surface area contributed by atoms with Gasteiger partial charge < -0.3 is 5.73 Å². The Labute approximate surface area is 113 Å². The van der Waals surface area contributed by atoms with Crippen LogP contribution in [0.2, 0.25) is 0 Å². The van der Waals surface area contributed by atoms with Gasteiger partial charge in [-0.15, -0.1) is 0 Å². The molecule has 2 aliphatic carbocycles. The van der Waals surface area contributed by atoms with Crippen LogP contribution in [0.1, 0.15) is 53.4 Å². The fourth-order valence-corrected chi connectivity index (χ4v) is 3.77. The van der Waals surface area contributed by atoms with E-state index in [9.17, 15) is 0 Å². The van der Waals surface area contributed by atoms with E-state index in [1.165, 1.54) is 38.8 Å². The Morgan fingerprint density at radius 1 is 0.944 bits per heavy atom. The van der Waals surface area contributed by atoms with Crippen LogP contribution >= 0.6 is 0 Å². The van der Waals surface area contributed by atoms with Crippen LogP contribution in [-0.4, -0.2) is 30.1 Å². The zero-order valence-corrected chi connectivity index (χ0v) is 12.8. The molecule has 0 aromatic heterocycles. The van der Waals surface area contributed by atoms with Crippen molar-refractivity contribution in [2.75, 3.05) is 19.6 Å². The molecule has 0 radical (unpaired) electrons. The summed E-state index contributed by atoms with van der Waals surface area (Å²) in [5.74, 6) is 3.28.